The van der Waals surface area contributed by atoms with Crippen molar-refractivity contribution >= 4 is 40.6 Å². The molecule has 8 rings (SSSR count). The van der Waals surface area contributed by atoms with Gasteiger partial charge in [0.15, 0.2) is 0 Å². The quantitative estimate of drug-likeness (QED) is 0.121. The van der Waals surface area contributed by atoms with Crippen LogP contribution in [0, 0.1) is 0 Å². The molecular weight excluding hydrogens is 593 g/mol. The summed E-state index contributed by atoms with van der Waals surface area (Å²) < 4.78 is 0. The van der Waals surface area contributed by atoms with Gasteiger partial charge in [-0.3, -0.25) is 0 Å². The lowest BCUT2D eigenvalue weighted by Gasteiger charge is -2.34. The third-order valence-corrected chi connectivity index (χ3v) is 10.3. The number of anilines is 5. The number of hydrogen-bond donors (Lipinski definition) is 0. The Morgan fingerprint density at radius 3 is 1.63 bits per heavy atom. The van der Waals surface area contributed by atoms with Crippen molar-refractivity contribution in [1.29, 1.82) is 0 Å². The van der Waals surface area contributed by atoms with Crippen molar-refractivity contribution in [3.63, 3.8) is 0 Å². The van der Waals surface area contributed by atoms with Crippen LogP contribution in [0.3, 0.4) is 0 Å². The van der Waals surface area contributed by atoms with Gasteiger partial charge in [0.25, 0.3) is 0 Å². The average molecular weight is 635 g/mol. The van der Waals surface area contributed by atoms with Crippen LogP contribution in [-0.4, -0.2) is 6.04 Å². The maximum absolute atomic E-state index is 2.52. The topological polar surface area (TPSA) is 6.48 Å². The number of benzene rings is 6. The van der Waals surface area contributed by atoms with Crippen molar-refractivity contribution in [3.8, 4) is 11.1 Å². The number of fused-ring (bicyclic) bond motifs is 3. The van der Waals surface area contributed by atoms with Gasteiger partial charge in [0.2, 0.25) is 0 Å². The SMILES string of the molecule is CC1(C)c2cc(/C=C/c3ccc(N(c4ccccc4)C4CC=CCC4)cc3)ccc2-c2ccc(N(c3ccccc3)c3ccccc3)cc21. The highest BCUT2D eigenvalue weighted by Gasteiger charge is 2.36. The third-order valence-electron chi connectivity index (χ3n) is 10.3. The largest absolute Gasteiger partial charge is 0.338 e. The van der Waals surface area contributed by atoms with Gasteiger partial charge in [-0.15, -0.1) is 0 Å². The number of para-hydroxylation sites is 3. The molecule has 0 saturated carbocycles. The first-order chi connectivity index (χ1) is 24.1. The van der Waals surface area contributed by atoms with E-state index in [9.17, 15) is 0 Å². The Labute approximate surface area is 291 Å². The normalized spacial score (nSPS) is 15.9. The zero-order valence-corrected chi connectivity index (χ0v) is 28.3. The van der Waals surface area contributed by atoms with E-state index >= 15 is 0 Å². The van der Waals surface area contributed by atoms with E-state index in [2.05, 4.69) is 200 Å². The lowest BCUT2D eigenvalue weighted by molar-refractivity contribution is 0.591. The van der Waals surface area contributed by atoms with E-state index < -0.39 is 0 Å². The van der Waals surface area contributed by atoms with Gasteiger partial charge in [-0.2, -0.15) is 0 Å². The van der Waals surface area contributed by atoms with E-state index in [1.165, 1.54) is 56.9 Å². The molecule has 2 heteroatoms. The highest BCUT2D eigenvalue weighted by Crippen LogP contribution is 2.51. The summed E-state index contributed by atoms with van der Waals surface area (Å²) in [5.74, 6) is 0. The van der Waals surface area contributed by atoms with Crippen molar-refractivity contribution in [2.45, 2.75) is 44.6 Å². The zero-order valence-electron chi connectivity index (χ0n) is 28.3. The van der Waals surface area contributed by atoms with Crippen LogP contribution in [0.25, 0.3) is 23.3 Å². The van der Waals surface area contributed by atoms with Crippen LogP contribution in [-0.2, 0) is 5.41 Å². The molecule has 0 heterocycles. The lowest BCUT2D eigenvalue weighted by Crippen LogP contribution is -2.31. The summed E-state index contributed by atoms with van der Waals surface area (Å²) in [6, 6.07) is 55.6. The van der Waals surface area contributed by atoms with Crippen LogP contribution in [0.5, 0.6) is 0 Å². The first kappa shape index (κ1) is 30.7. The highest BCUT2D eigenvalue weighted by atomic mass is 15.2. The predicted molar refractivity (Wildman–Crippen MR) is 209 cm³/mol. The minimum Gasteiger partial charge on any atom is -0.338 e. The molecule has 240 valence electrons. The Kier molecular flexibility index (Phi) is 8.23. The van der Waals surface area contributed by atoms with Gasteiger partial charge in [0.05, 0.1) is 0 Å². The fourth-order valence-electron chi connectivity index (χ4n) is 7.70. The molecule has 2 nitrogen and oxygen atoms in total. The Balaban J connectivity index is 1.06. The summed E-state index contributed by atoms with van der Waals surface area (Å²) in [4.78, 5) is 4.87. The summed E-state index contributed by atoms with van der Waals surface area (Å²) >= 11 is 0. The molecule has 0 amide bonds. The fraction of sp³-hybridized carbons (Fsp3) is 0.149. The Bertz CT molecular complexity index is 2070. The van der Waals surface area contributed by atoms with E-state index in [1.54, 1.807) is 0 Å². The summed E-state index contributed by atoms with van der Waals surface area (Å²) in [5, 5.41) is 0. The minimum atomic E-state index is -0.125. The van der Waals surface area contributed by atoms with Crippen LogP contribution in [0.2, 0.25) is 0 Å². The van der Waals surface area contributed by atoms with Crippen LogP contribution >= 0.6 is 0 Å². The second kappa shape index (κ2) is 13.1. The molecule has 0 N–H and O–H groups in total. The highest BCUT2D eigenvalue weighted by molar-refractivity contribution is 5.86. The van der Waals surface area contributed by atoms with E-state index in [0.29, 0.717) is 6.04 Å². The summed E-state index contributed by atoms with van der Waals surface area (Å²) in [7, 11) is 0. The lowest BCUT2D eigenvalue weighted by atomic mass is 9.81. The smallest absolute Gasteiger partial charge is 0.0465 e. The van der Waals surface area contributed by atoms with Crippen LogP contribution < -0.4 is 9.80 Å². The molecule has 0 aliphatic heterocycles. The van der Waals surface area contributed by atoms with Crippen molar-refractivity contribution in [2.75, 3.05) is 9.80 Å². The van der Waals surface area contributed by atoms with Crippen molar-refractivity contribution in [2.24, 2.45) is 0 Å². The number of hydrogen-bond acceptors (Lipinski definition) is 2. The van der Waals surface area contributed by atoms with Crippen molar-refractivity contribution in [3.05, 3.63) is 186 Å². The van der Waals surface area contributed by atoms with Crippen molar-refractivity contribution in [1.82, 2.24) is 0 Å². The molecule has 0 spiro atoms. The molecule has 0 fully saturated rings. The third kappa shape index (κ3) is 6.00. The molecule has 0 radical (unpaired) electrons. The number of rotatable bonds is 8. The van der Waals surface area contributed by atoms with E-state index in [0.717, 1.165) is 24.2 Å². The molecule has 0 aromatic heterocycles. The van der Waals surface area contributed by atoms with Crippen molar-refractivity contribution < 1.29 is 0 Å². The van der Waals surface area contributed by atoms with Gasteiger partial charge in [0, 0.05) is 39.9 Å². The predicted octanol–water partition coefficient (Wildman–Crippen LogP) is 12.9. The van der Waals surface area contributed by atoms with Gasteiger partial charge in [-0.1, -0.05) is 129 Å². The summed E-state index contributed by atoms with van der Waals surface area (Å²) in [6.45, 7) is 4.73. The number of allylic oxidation sites excluding steroid dienone is 1. The minimum absolute atomic E-state index is 0.125. The van der Waals surface area contributed by atoms with Gasteiger partial charge in [-0.25, -0.2) is 0 Å². The standard InChI is InChI=1S/C47H42N2/c1-47(2)45-33-36(24-23-35-25-28-41(29-26-35)48(37-15-7-3-8-16-37)38-17-9-4-10-18-38)27-31-43(45)44-32-30-42(34-46(44)47)49(39-19-11-5-12-20-39)40-21-13-6-14-22-40/h3-9,11-16,19-34,38H,10,17-18H2,1-2H3/b24-23+. The second-order valence-electron chi connectivity index (χ2n) is 13.7. The van der Waals surface area contributed by atoms with Crippen LogP contribution in [0.1, 0.15) is 55.4 Å². The molecule has 0 bridgehead atoms. The second-order valence-corrected chi connectivity index (χ2v) is 13.7. The van der Waals surface area contributed by atoms with Crippen LogP contribution in [0.15, 0.2) is 164 Å². The molecular formula is C47H42N2. The average Bonchev–Trinajstić information content (AvgIpc) is 3.38. The van der Waals surface area contributed by atoms with Gasteiger partial charge in [0.1, 0.15) is 0 Å². The molecule has 6 aromatic carbocycles. The van der Waals surface area contributed by atoms with Gasteiger partial charge in [-0.05, 0) is 113 Å². The molecule has 1 atom stereocenters. The Hall–Kier alpha value is -5.60. The first-order valence-electron chi connectivity index (χ1n) is 17.5. The molecule has 0 saturated heterocycles. The van der Waals surface area contributed by atoms with E-state index in [4.69, 9.17) is 0 Å². The van der Waals surface area contributed by atoms with Crippen LogP contribution in [0.4, 0.5) is 28.4 Å². The Morgan fingerprint density at radius 2 is 1.02 bits per heavy atom. The molecule has 2 aliphatic carbocycles. The fourth-order valence-corrected chi connectivity index (χ4v) is 7.70. The summed E-state index contributed by atoms with van der Waals surface area (Å²) in [6.07, 6.45) is 12.5. The maximum atomic E-state index is 2.52. The molecule has 49 heavy (non-hydrogen) atoms. The molecule has 1 unspecified atom stereocenters. The van der Waals surface area contributed by atoms with Gasteiger partial charge < -0.3 is 9.80 Å². The molecule has 2 aliphatic rings. The zero-order chi connectivity index (χ0) is 33.2. The summed E-state index contributed by atoms with van der Waals surface area (Å²) in [5.41, 5.74) is 13.7. The maximum Gasteiger partial charge on any atom is 0.0465 e. The van der Waals surface area contributed by atoms with Gasteiger partial charge >= 0.3 is 0 Å². The number of nitrogens with zero attached hydrogens (tertiary/aromatic N) is 2. The van der Waals surface area contributed by atoms with E-state index in [1.807, 2.05) is 0 Å². The first-order valence-corrected chi connectivity index (χ1v) is 17.5. The van der Waals surface area contributed by atoms with E-state index in [-0.39, 0.29) is 5.41 Å². The Morgan fingerprint density at radius 1 is 0.510 bits per heavy atom. The monoisotopic (exact) mass is 634 g/mol. The molecule has 6 aromatic rings.